The van der Waals surface area contributed by atoms with Crippen molar-refractivity contribution in [3.63, 3.8) is 0 Å². The first-order valence-electron chi connectivity index (χ1n) is 10.5. The molecule has 0 radical (unpaired) electrons. The lowest BCUT2D eigenvalue weighted by Crippen LogP contribution is -2.15. The fraction of sp³-hybridized carbons (Fsp3) is 0.125. The molecule has 0 saturated carbocycles. The second-order valence-corrected chi connectivity index (χ2v) is 8.58. The fourth-order valence-corrected chi connectivity index (χ4v) is 4.26. The third kappa shape index (κ3) is 6.37. The number of rotatable bonds is 9. The number of hydrogen-bond donors (Lipinski definition) is 2. The van der Waals surface area contributed by atoms with Gasteiger partial charge < -0.3 is 14.8 Å². The van der Waals surface area contributed by atoms with Gasteiger partial charge in [0, 0.05) is 25.9 Å². The highest BCUT2D eigenvalue weighted by atomic mass is 35.5. The summed E-state index contributed by atoms with van der Waals surface area (Å²) < 4.78 is 10.2. The van der Waals surface area contributed by atoms with E-state index in [0.29, 0.717) is 27.8 Å². The van der Waals surface area contributed by atoms with Gasteiger partial charge >= 0.3 is 5.97 Å². The summed E-state index contributed by atoms with van der Waals surface area (Å²) in [5, 5.41) is 17.5. The van der Waals surface area contributed by atoms with Crippen LogP contribution in [-0.2, 0) is 9.53 Å². The minimum Gasteiger partial charge on any atom is -0.482 e. The summed E-state index contributed by atoms with van der Waals surface area (Å²) in [6.07, 6.45) is 0. The number of ether oxygens (including phenoxy) is 2. The summed E-state index contributed by atoms with van der Waals surface area (Å²) in [5.74, 6) is 0.213. The zero-order valence-electron chi connectivity index (χ0n) is 18.5. The molecule has 4 aromatic rings. The van der Waals surface area contributed by atoms with Crippen LogP contribution in [0.15, 0.2) is 76.5 Å². The minimum absolute atomic E-state index is 0.200. The van der Waals surface area contributed by atoms with Gasteiger partial charge in [0.05, 0.1) is 12.3 Å². The third-order valence-electron chi connectivity index (χ3n) is 4.68. The molecule has 0 aliphatic carbocycles. The molecule has 0 unspecified atom stereocenters. The van der Waals surface area contributed by atoms with Crippen molar-refractivity contribution < 1.29 is 19.1 Å². The summed E-state index contributed by atoms with van der Waals surface area (Å²) in [6.45, 7) is 1.81. The van der Waals surface area contributed by atoms with Crippen molar-refractivity contribution in [2.45, 2.75) is 16.7 Å². The number of esters is 1. The average molecular weight is 510 g/mol. The van der Waals surface area contributed by atoms with Crippen LogP contribution in [0.3, 0.4) is 0 Å². The lowest BCUT2D eigenvalue weighted by atomic mass is 10.2. The molecule has 0 spiro atoms. The predicted octanol–water partition coefficient (Wildman–Crippen LogP) is 4.87. The van der Waals surface area contributed by atoms with Crippen LogP contribution in [0, 0.1) is 0 Å². The Morgan fingerprint density at radius 1 is 1.06 bits per heavy atom. The maximum absolute atomic E-state index is 12.9. The SMILES string of the molecule is CCOC(=O)COc1ccc(C(=O)Nc2cc(Cl)ccc2Sc2ccccc2-c2nnn[nH]2)cc1. The number of tetrazole rings is 1. The number of aromatic amines is 1. The second-order valence-electron chi connectivity index (χ2n) is 7.06. The van der Waals surface area contributed by atoms with Gasteiger partial charge in [0.15, 0.2) is 12.4 Å². The summed E-state index contributed by atoms with van der Waals surface area (Å²) in [7, 11) is 0. The van der Waals surface area contributed by atoms with Crippen molar-refractivity contribution in [2.75, 3.05) is 18.5 Å². The lowest BCUT2D eigenvalue weighted by molar-refractivity contribution is -0.145. The Balaban J connectivity index is 1.49. The maximum Gasteiger partial charge on any atom is 0.344 e. The molecule has 0 saturated heterocycles. The van der Waals surface area contributed by atoms with E-state index < -0.39 is 5.97 Å². The van der Waals surface area contributed by atoms with Crippen molar-refractivity contribution >= 4 is 40.9 Å². The number of H-pyrrole nitrogens is 1. The first-order chi connectivity index (χ1) is 17.0. The molecule has 0 aliphatic heterocycles. The Hall–Kier alpha value is -3.89. The van der Waals surface area contributed by atoms with Gasteiger partial charge in [0.2, 0.25) is 0 Å². The number of anilines is 1. The summed E-state index contributed by atoms with van der Waals surface area (Å²) in [4.78, 5) is 26.1. The molecule has 3 aromatic carbocycles. The predicted molar refractivity (Wildman–Crippen MR) is 132 cm³/mol. The highest BCUT2D eigenvalue weighted by Crippen LogP contribution is 2.39. The van der Waals surface area contributed by atoms with Crippen LogP contribution in [0.5, 0.6) is 5.75 Å². The normalized spacial score (nSPS) is 10.6. The van der Waals surface area contributed by atoms with Gasteiger partial charge in [-0.1, -0.05) is 35.5 Å². The van der Waals surface area contributed by atoms with Crippen molar-refractivity contribution in [2.24, 2.45) is 0 Å². The molecule has 9 nitrogen and oxygen atoms in total. The van der Waals surface area contributed by atoms with E-state index in [9.17, 15) is 9.59 Å². The molecule has 0 atom stereocenters. The van der Waals surface area contributed by atoms with Crippen LogP contribution in [-0.4, -0.2) is 45.7 Å². The largest absolute Gasteiger partial charge is 0.482 e. The Bertz CT molecular complexity index is 1320. The number of aromatic nitrogens is 4. The van der Waals surface area contributed by atoms with Gasteiger partial charge in [-0.05, 0) is 71.9 Å². The number of nitrogens with zero attached hydrogens (tertiary/aromatic N) is 3. The van der Waals surface area contributed by atoms with Crippen LogP contribution in [0.25, 0.3) is 11.4 Å². The summed E-state index contributed by atoms with van der Waals surface area (Å²) in [6, 6.07) is 19.4. The highest BCUT2D eigenvalue weighted by Gasteiger charge is 2.15. The molecule has 0 aliphatic rings. The van der Waals surface area contributed by atoms with E-state index in [0.717, 1.165) is 15.4 Å². The fourth-order valence-electron chi connectivity index (χ4n) is 3.07. The second kappa shape index (κ2) is 11.5. The molecular formula is C24H20ClN5O4S. The molecule has 11 heteroatoms. The molecule has 0 fully saturated rings. The van der Waals surface area contributed by atoms with E-state index in [1.165, 1.54) is 11.8 Å². The average Bonchev–Trinajstić information content (AvgIpc) is 3.40. The van der Waals surface area contributed by atoms with Crippen LogP contribution >= 0.6 is 23.4 Å². The Morgan fingerprint density at radius 2 is 1.86 bits per heavy atom. The number of carbonyl (C=O) groups is 2. The molecule has 0 bridgehead atoms. The first kappa shape index (κ1) is 24.2. The Labute approximate surface area is 210 Å². The number of nitrogens with one attached hydrogen (secondary N) is 2. The molecule has 1 amide bonds. The van der Waals surface area contributed by atoms with E-state index in [1.54, 1.807) is 43.3 Å². The van der Waals surface area contributed by atoms with Gasteiger partial charge in [0.1, 0.15) is 5.75 Å². The molecule has 1 heterocycles. The van der Waals surface area contributed by atoms with Gasteiger partial charge in [-0.25, -0.2) is 9.89 Å². The third-order valence-corrected chi connectivity index (χ3v) is 6.06. The van der Waals surface area contributed by atoms with Crippen molar-refractivity contribution in [3.8, 4) is 17.1 Å². The number of benzene rings is 3. The number of carbonyl (C=O) groups excluding carboxylic acids is 2. The van der Waals surface area contributed by atoms with Crippen molar-refractivity contribution in [1.29, 1.82) is 0 Å². The topological polar surface area (TPSA) is 119 Å². The van der Waals surface area contributed by atoms with Crippen LogP contribution in [0.1, 0.15) is 17.3 Å². The number of amides is 1. The number of halogens is 1. The van der Waals surface area contributed by atoms with Crippen LogP contribution in [0.4, 0.5) is 5.69 Å². The maximum atomic E-state index is 12.9. The number of hydrogen-bond acceptors (Lipinski definition) is 8. The van der Waals surface area contributed by atoms with Gasteiger partial charge in [-0.2, -0.15) is 0 Å². The van der Waals surface area contributed by atoms with Gasteiger partial charge in [-0.3, -0.25) is 4.79 Å². The van der Waals surface area contributed by atoms with Crippen LogP contribution in [0.2, 0.25) is 5.02 Å². The Morgan fingerprint density at radius 3 is 2.60 bits per heavy atom. The van der Waals surface area contributed by atoms with Crippen molar-refractivity contribution in [3.05, 3.63) is 77.3 Å². The minimum atomic E-state index is -0.457. The Kier molecular flexibility index (Phi) is 7.96. The van der Waals surface area contributed by atoms with E-state index in [-0.39, 0.29) is 19.1 Å². The highest BCUT2D eigenvalue weighted by molar-refractivity contribution is 7.99. The molecular weight excluding hydrogens is 490 g/mol. The van der Waals surface area contributed by atoms with Gasteiger partial charge in [0.25, 0.3) is 5.91 Å². The molecule has 1 aromatic heterocycles. The quantitative estimate of drug-likeness (QED) is 0.307. The van der Waals surface area contributed by atoms with E-state index >= 15 is 0 Å². The van der Waals surface area contributed by atoms with E-state index in [1.807, 2.05) is 30.3 Å². The van der Waals surface area contributed by atoms with E-state index in [4.69, 9.17) is 21.1 Å². The zero-order valence-corrected chi connectivity index (χ0v) is 20.1. The van der Waals surface area contributed by atoms with Gasteiger partial charge in [-0.15, -0.1) is 5.10 Å². The molecule has 35 heavy (non-hydrogen) atoms. The smallest absolute Gasteiger partial charge is 0.344 e. The van der Waals surface area contributed by atoms with Crippen molar-refractivity contribution in [1.82, 2.24) is 20.6 Å². The van der Waals surface area contributed by atoms with Crippen LogP contribution < -0.4 is 10.1 Å². The van der Waals surface area contributed by atoms with E-state index in [2.05, 4.69) is 25.9 Å². The standard InChI is InChI=1S/C24H20ClN5O4S/c1-2-33-22(31)14-34-17-10-7-15(8-11-17)24(32)26-19-13-16(25)9-12-21(19)35-20-6-4-3-5-18(20)23-27-29-30-28-23/h3-13H,2,14H2,1H3,(H,26,32)(H,27,28,29,30). The zero-order chi connectivity index (χ0) is 24.6. The summed E-state index contributed by atoms with van der Waals surface area (Å²) >= 11 is 7.67. The molecule has 2 N–H and O–H groups in total. The summed E-state index contributed by atoms with van der Waals surface area (Å²) in [5.41, 5.74) is 1.80. The monoisotopic (exact) mass is 509 g/mol. The first-order valence-corrected chi connectivity index (χ1v) is 11.7. The molecule has 4 rings (SSSR count). The lowest BCUT2D eigenvalue weighted by Gasteiger charge is -2.13. The molecule has 178 valence electrons.